The number of nitrogens with zero attached hydrogens (tertiary/aromatic N) is 1. The van der Waals surface area contributed by atoms with Crippen LogP contribution in [-0.2, 0) is 0 Å². The van der Waals surface area contributed by atoms with Gasteiger partial charge in [0.2, 0.25) is 0 Å². The molecule has 14 atom stereocenters. The van der Waals surface area contributed by atoms with Gasteiger partial charge in [0.05, 0.1) is 18.3 Å². The van der Waals surface area contributed by atoms with E-state index in [9.17, 15) is 15.3 Å². The summed E-state index contributed by atoms with van der Waals surface area (Å²) >= 11 is 0. The molecule has 6 aliphatic rings. The van der Waals surface area contributed by atoms with E-state index >= 15 is 0 Å². The van der Waals surface area contributed by atoms with Crippen LogP contribution in [0.3, 0.4) is 0 Å². The summed E-state index contributed by atoms with van der Waals surface area (Å²) in [5, 5.41) is 32.9. The van der Waals surface area contributed by atoms with Crippen LogP contribution in [0.15, 0.2) is 0 Å². The average Bonchev–Trinajstić information content (AvgIpc) is 3.08. The maximum atomic E-state index is 11.4. The minimum atomic E-state index is -0.271. The lowest BCUT2D eigenvalue weighted by Crippen LogP contribution is -2.61. The largest absolute Gasteiger partial charge is 0.393 e. The van der Waals surface area contributed by atoms with E-state index < -0.39 is 0 Å². The topological polar surface area (TPSA) is 63.9 Å². The molecule has 0 aromatic heterocycles. The van der Waals surface area contributed by atoms with Crippen LogP contribution in [0.5, 0.6) is 0 Å². The molecule has 0 bridgehead atoms. The molecule has 6 fully saturated rings. The van der Waals surface area contributed by atoms with Crippen LogP contribution in [0.2, 0.25) is 0 Å². The molecule has 0 amide bonds. The molecular weight excluding hydrogens is 386 g/mol. The molecular formula is C27H45NO3. The van der Waals surface area contributed by atoms with E-state index in [4.69, 9.17) is 0 Å². The number of piperidine rings is 2. The molecule has 4 aliphatic carbocycles. The van der Waals surface area contributed by atoms with Crippen LogP contribution in [0.4, 0.5) is 0 Å². The molecule has 2 aliphatic heterocycles. The SMILES string of the molecule is C[C@H]1CC[C@H]2[C@H](C)[C@@H]3[C@@H](CN2C1)[C@@H]1C[C@H]2[C@@H](C[C@@H](O)[C@H]4C[C@@H](O)CC[C@@]42C)[C@H]1C[C@@H]3O. The van der Waals surface area contributed by atoms with E-state index in [-0.39, 0.29) is 29.6 Å². The standard InChI is InChI=1S/C27H45NO3/c1-14-4-5-23-15(2)26-20(13-28(23)12-14)17-9-21-19(18(17)10-25(26)31)11-24(30)22-8-16(29)6-7-27(21,22)3/h14-26,29-31H,4-13H2,1-3H3/t14-,15-,16-,17+,18-,19-,20-,21-,22+,23-,24+,25-,26+,27+/m0/s1. The van der Waals surface area contributed by atoms with Gasteiger partial charge in [-0.3, -0.25) is 4.90 Å². The van der Waals surface area contributed by atoms with E-state index in [0.29, 0.717) is 41.5 Å². The van der Waals surface area contributed by atoms with Crippen LogP contribution in [0.25, 0.3) is 0 Å². The van der Waals surface area contributed by atoms with E-state index in [0.717, 1.165) is 43.9 Å². The highest BCUT2D eigenvalue weighted by Crippen LogP contribution is 2.67. The third kappa shape index (κ3) is 3.07. The first-order valence-electron chi connectivity index (χ1n) is 13.6. The molecule has 3 N–H and O–H groups in total. The van der Waals surface area contributed by atoms with Gasteiger partial charge in [-0.1, -0.05) is 20.8 Å². The predicted octanol–water partition coefficient (Wildman–Crippen LogP) is 3.53. The highest BCUT2D eigenvalue weighted by molar-refractivity contribution is 5.13. The third-order valence-electron chi connectivity index (χ3n) is 12.0. The van der Waals surface area contributed by atoms with Crippen molar-refractivity contribution in [1.82, 2.24) is 4.90 Å². The van der Waals surface area contributed by atoms with Crippen LogP contribution < -0.4 is 0 Å². The summed E-state index contributed by atoms with van der Waals surface area (Å²) in [6.07, 6.45) is 7.94. The quantitative estimate of drug-likeness (QED) is 0.549. The normalized spacial score (nSPS) is 61.5. The van der Waals surface area contributed by atoms with E-state index in [1.807, 2.05) is 0 Å². The molecule has 6 rings (SSSR count). The number of rotatable bonds is 0. The maximum absolute atomic E-state index is 11.4. The third-order valence-corrected chi connectivity index (χ3v) is 12.0. The molecule has 176 valence electrons. The summed E-state index contributed by atoms with van der Waals surface area (Å²) in [7, 11) is 0. The van der Waals surface area contributed by atoms with Crippen molar-refractivity contribution in [2.75, 3.05) is 13.1 Å². The first kappa shape index (κ1) is 21.4. The van der Waals surface area contributed by atoms with Crippen molar-refractivity contribution in [3.05, 3.63) is 0 Å². The van der Waals surface area contributed by atoms with Crippen molar-refractivity contribution >= 4 is 0 Å². The Morgan fingerprint density at radius 2 is 1.48 bits per heavy atom. The lowest BCUT2D eigenvalue weighted by Gasteiger charge is -2.58. The molecule has 4 saturated carbocycles. The number of fused-ring (bicyclic) bond motifs is 8. The molecule has 0 radical (unpaired) electrons. The summed E-state index contributed by atoms with van der Waals surface area (Å²) in [5.74, 6) is 5.31. The Morgan fingerprint density at radius 3 is 2.29 bits per heavy atom. The van der Waals surface area contributed by atoms with Gasteiger partial charge in [-0.15, -0.1) is 0 Å². The smallest absolute Gasteiger partial charge is 0.0577 e. The Hall–Kier alpha value is -0.160. The van der Waals surface area contributed by atoms with E-state index in [2.05, 4.69) is 25.7 Å². The molecule has 2 saturated heterocycles. The molecule has 4 heteroatoms. The first-order valence-corrected chi connectivity index (χ1v) is 13.6. The van der Waals surface area contributed by atoms with Crippen molar-refractivity contribution in [2.24, 2.45) is 58.7 Å². The maximum Gasteiger partial charge on any atom is 0.0577 e. The Morgan fingerprint density at radius 1 is 0.742 bits per heavy atom. The van der Waals surface area contributed by atoms with E-state index in [1.54, 1.807) is 0 Å². The van der Waals surface area contributed by atoms with Crippen molar-refractivity contribution in [2.45, 2.75) is 96.5 Å². The van der Waals surface area contributed by atoms with Gasteiger partial charge in [0, 0.05) is 19.1 Å². The number of aliphatic hydroxyl groups is 3. The fourth-order valence-electron chi connectivity index (χ4n) is 10.6. The Bertz CT molecular complexity index is 700. The minimum Gasteiger partial charge on any atom is -0.393 e. The van der Waals surface area contributed by atoms with Gasteiger partial charge in [0.1, 0.15) is 0 Å². The molecule has 4 nitrogen and oxygen atoms in total. The van der Waals surface area contributed by atoms with E-state index in [1.165, 1.54) is 32.4 Å². The summed E-state index contributed by atoms with van der Waals surface area (Å²) < 4.78 is 0. The van der Waals surface area contributed by atoms with Crippen molar-refractivity contribution < 1.29 is 15.3 Å². The van der Waals surface area contributed by atoms with Gasteiger partial charge in [0.15, 0.2) is 0 Å². The highest BCUT2D eigenvalue weighted by Gasteiger charge is 2.64. The average molecular weight is 432 g/mol. The molecule has 0 aromatic carbocycles. The van der Waals surface area contributed by atoms with Crippen LogP contribution in [0, 0.1) is 58.7 Å². The number of hydrogen-bond donors (Lipinski definition) is 3. The van der Waals surface area contributed by atoms with Gasteiger partial charge in [0.25, 0.3) is 0 Å². The molecule has 0 unspecified atom stereocenters. The first-order chi connectivity index (χ1) is 14.8. The zero-order valence-corrected chi connectivity index (χ0v) is 19.9. The van der Waals surface area contributed by atoms with Crippen molar-refractivity contribution in [3.8, 4) is 0 Å². The number of hydrogen-bond acceptors (Lipinski definition) is 4. The van der Waals surface area contributed by atoms with Gasteiger partial charge >= 0.3 is 0 Å². The highest BCUT2D eigenvalue weighted by atomic mass is 16.3. The zero-order chi connectivity index (χ0) is 21.7. The second-order valence-corrected chi connectivity index (χ2v) is 13.3. The monoisotopic (exact) mass is 431 g/mol. The van der Waals surface area contributed by atoms with Crippen LogP contribution in [0.1, 0.15) is 72.1 Å². The van der Waals surface area contributed by atoms with Crippen molar-refractivity contribution in [3.63, 3.8) is 0 Å². The summed E-state index contributed by atoms with van der Waals surface area (Å²) in [6, 6.07) is 0.677. The van der Waals surface area contributed by atoms with Crippen LogP contribution >= 0.6 is 0 Å². The lowest BCUT2D eigenvalue weighted by molar-refractivity contribution is -0.139. The predicted molar refractivity (Wildman–Crippen MR) is 121 cm³/mol. The van der Waals surface area contributed by atoms with Crippen molar-refractivity contribution in [1.29, 1.82) is 0 Å². The van der Waals surface area contributed by atoms with Gasteiger partial charge in [-0.05, 0) is 110 Å². The lowest BCUT2D eigenvalue weighted by atomic mass is 9.51. The number of aliphatic hydroxyl groups excluding tert-OH is 3. The summed E-state index contributed by atoms with van der Waals surface area (Å²) in [4.78, 5) is 2.81. The second-order valence-electron chi connectivity index (χ2n) is 13.3. The van der Waals surface area contributed by atoms with Gasteiger partial charge < -0.3 is 15.3 Å². The van der Waals surface area contributed by atoms with Crippen LogP contribution in [-0.4, -0.2) is 57.7 Å². The fraction of sp³-hybridized carbons (Fsp3) is 1.00. The zero-order valence-electron chi connectivity index (χ0n) is 19.9. The fourth-order valence-corrected chi connectivity index (χ4v) is 10.6. The Labute approximate surface area is 188 Å². The Balaban J connectivity index is 1.31. The summed E-state index contributed by atoms with van der Waals surface area (Å²) in [6.45, 7) is 9.74. The Kier molecular flexibility index (Phi) is 5.12. The molecule has 31 heavy (non-hydrogen) atoms. The second kappa shape index (κ2) is 7.42. The molecule has 2 heterocycles. The molecule has 0 spiro atoms. The molecule has 0 aromatic rings. The van der Waals surface area contributed by atoms with Gasteiger partial charge in [-0.2, -0.15) is 0 Å². The van der Waals surface area contributed by atoms with Gasteiger partial charge in [-0.25, -0.2) is 0 Å². The summed E-state index contributed by atoms with van der Waals surface area (Å²) in [5.41, 5.74) is 0.168. The minimum absolute atomic E-state index is 0.155.